The molecule has 5 nitrogen and oxygen atoms in total. The maximum Gasteiger partial charge on any atom is 0.237 e. The third kappa shape index (κ3) is 2.48. The van der Waals surface area contributed by atoms with Crippen molar-refractivity contribution in [2.75, 3.05) is 19.8 Å². The van der Waals surface area contributed by atoms with Gasteiger partial charge < -0.3 is 20.5 Å². The SMILES string of the molecule is CC1(NC(=O)C2CC(O)CN2)CCOC1. The maximum atomic E-state index is 11.8. The van der Waals surface area contributed by atoms with Gasteiger partial charge in [-0.1, -0.05) is 0 Å². The van der Waals surface area contributed by atoms with E-state index in [9.17, 15) is 9.90 Å². The highest BCUT2D eigenvalue weighted by Gasteiger charge is 2.35. The standard InChI is InChI=1S/C10H18N2O3/c1-10(2-3-15-6-10)12-9(14)8-4-7(13)5-11-8/h7-8,11,13H,2-6H2,1H3,(H,12,14). The zero-order chi connectivity index (χ0) is 10.9. The molecule has 86 valence electrons. The Labute approximate surface area is 89.2 Å². The number of amides is 1. The van der Waals surface area contributed by atoms with Crippen LogP contribution in [-0.4, -0.2) is 48.5 Å². The van der Waals surface area contributed by atoms with Gasteiger partial charge >= 0.3 is 0 Å². The van der Waals surface area contributed by atoms with Crippen LogP contribution in [0.25, 0.3) is 0 Å². The molecule has 0 radical (unpaired) electrons. The van der Waals surface area contributed by atoms with Gasteiger partial charge in [-0.15, -0.1) is 0 Å². The van der Waals surface area contributed by atoms with Gasteiger partial charge in [0.05, 0.1) is 24.3 Å². The number of aliphatic hydroxyl groups is 1. The van der Waals surface area contributed by atoms with Gasteiger partial charge in [-0.05, 0) is 19.8 Å². The Bertz CT molecular complexity index is 251. The van der Waals surface area contributed by atoms with Crippen molar-refractivity contribution in [1.82, 2.24) is 10.6 Å². The maximum absolute atomic E-state index is 11.8. The minimum Gasteiger partial charge on any atom is -0.392 e. The van der Waals surface area contributed by atoms with Crippen LogP contribution in [0.2, 0.25) is 0 Å². The topological polar surface area (TPSA) is 70.6 Å². The number of aliphatic hydroxyl groups excluding tert-OH is 1. The first kappa shape index (κ1) is 10.9. The molecule has 0 saturated carbocycles. The molecule has 2 aliphatic rings. The van der Waals surface area contributed by atoms with Gasteiger partial charge in [-0.2, -0.15) is 0 Å². The Morgan fingerprint density at radius 1 is 1.67 bits per heavy atom. The summed E-state index contributed by atoms with van der Waals surface area (Å²) in [6.45, 7) is 3.78. The van der Waals surface area contributed by atoms with E-state index in [4.69, 9.17) is 4.74 Å². The Morgan fingerprint density at radius 3 is 3.00 bits per heavy atom. The van der Waals surface area contributed by atoms with Crippen LogP contribution in [0.5, 0.6) is 0 Å². The zero-order valence-electron chi connectivity index (χ0n) is 8.95. The summed E-state index contributed by atoms with van der Waals surface area (Å²) in [5.41, 5.74) is -0.230. The molecule has 1 amide bonds. The van der Waals surface area contributed by atoms with E-state index in [1.165, 1.54) is 0 Å². The molecule has 2 heterocycles. The fourth-order valence-corrected chi connectivity index (χ4v) is 2.07. The summed E-state index contributed by atoms with van der Waals surface area (Å²) < 4.78 is 5.26. The minimum atomic E-state index is -0.395. The monoisotopic (exact) mass is 214 g/mol. The summed E-state index contributed by atoms with van der Waals surface area (Å²) in [6, 6.07) is -0.252. The quantitative estimate of drug-likeness (QED) is 0.551. The normalized spacial score (nSPS) is 40.7. The lowest BCUT2D eigenvalue weighted by Gasteiger charge is -2.25. The van der Waals surface area contributed by atoms with Gasteiger partial charge in [0, 0.05) is 13.2 Å². The molecule has 0 bridgehead atoms. The Balaban J connectivity index is 1.86. The van der Waals surface area contributed by atoms with Crippen molar-refractivity contribution >= 4 is 5.91 Å². The van der Waals surface area contributed by atoms with Gasteiger partial charge in [-0.25, -0.2) is 0 Å². The Hall–Kier alpha value is -0.650. The third-order valence-corrected chi connectivity index (χ3v) is 3.07. The predicted octanol–water partition coefficient (Wildman–Crippen LogP) is -0.996. The molecule has 0 aromatic carbocycles. The number of nitrogens with one attached hydrogen (secondary N) is 2. The lowest BCUT2D eigenvalue weighted by Crippen LogP contribution is -2.52. The summed E-state index contributed by atoms with van der Waals surface area (Å²) in [5, 5.41) is 15.3. The van der Waals surface area contributed by atoms with Crippen LogP contribution < -0.4 is 10.6 Å². The van der Waals surface area contributed by atoms with Crippen molar-refractivity contribution in [3.05, 3.63) is 0 Å². The number of β-amino-alcohol motifs (C(OH)–C–C–N with tert-alkyl or cyclic N) is 1. The average molecular weight is 214 g/mol. The van der Waals surface area contributed by atoms with Gasteiger partial charge in [0.25, 0.3) is 0 Å². The van der Waals surface area contributed by atoms with Crippen LogP contribution in [-0.2, 0) is 9.53 Å². The average Bonchev–Trinajstić information content (AvgIpc) is 2.75. The van der Waals surface area contributed by atoms with E-state index < -0.39 is 6.10 Å². The number of hydrogen-bond donors (Lipinski definition) is 3. The molecule has 3 atom stereocenters. The molecule has 0 aromatic heterocycles. The van der Waals surface area contributed by atoms with E-state index in [0.717, 1.165) is 6.42 Å². The zero-order valence-corrected chi connectivity index (χ0v) is 8.95. The molecule has 0 spiro atoms. The van der Waals surface area contributed by atoms with E-state index in [1.54, 1.807) is 0 Å². The van der Waals surface area contributed by atoms with Crippen LogP contribution >= 0.6 is 0 Å². The van der Waals surface area contributed by atoms with E-state index in [2.05, 4.69) is 10.6 Å². The van der Waals surface area contributed by atoms with Crippen molar-refractivity contribution in [3.63, 3.8) is 0 Å². The molecule has 15 heavy (non-hydrogen) atoms. The first-order chi connectivity index (χ1) is 7.09. The lowest BCUT2D eigenvalue weighted by atomic mass is 10.0. The fraction of sp³-hybridized carbons (Fsp3) is 0.900. The third-order valence-electron chi connectivity index (χ3n) is 3.07. The fourth-order valence-electron chi connectivity index (χ4n) is 2.07. The second kappa shape index (κ2) is 4.08. The molecule has 0 aliphatic carbocycles. The second-order valence-electron chi connectivity index (χ2n) is 4.70. The van der Waals surface area contributed by atoms with Crippen molar-refractivity contribution in [2.45, 2.75) is 37.5 Å². The van der Waals surface area contributed by atoms with Crippen molar-refractivity contribution in [2.24, 2.45) is 0 Å². The minimum absolute atomic E-state index is 0.0282. The number of carbonyl (C=O) groups is 1. The molecule has 5 heteroatoms. The number of carbonyl (C=O) groups excluding carboxylic acids is 1. The molecule has 2 saturated heterocycles. The smallest absolute Gasteiger partial charge is 0.237 e. The molecule has 2 rings (SSSR count). The van der Waals surface area contributed by atoms with Crippen LogP contribution in [0, 0.1) is 0 Å². The number of hydrogen-bond acceptors (Lipinski definition) is 4. The van der Waals surface area contributed by atoms with E-state index in [0.29, 0.717) is 26.2 Å². The molecular weight excluding hydrogens is 196 g/mol. The first-order valence-corrected chi connectivity index (χ1v) is 5.40. The van der Waals surface area contributed by atoms with Crippen molar-refractivity contribution in [1.29, 1.82) is 0 Å². The highest BCUT2D eigenvalue weighted by Crippen LogP contribution is 2.18. The lowest BCUT2D eigenvalue weighted by molar-refractivity contribution is -0.124. The highest BCUT2D eigenvalue weighted by atomic mass is 16.5. The van der Waals surface area contributed by atoms with Crippen LogP contribution in [0.3, 0.4) is 0 Å². The van der Waals surface area contributed by atoms with E-state index >= 15 is 0 Å². The second-order valence-corrected chi connectivity index (χ2v) is 4.70. The number of ether oxygens (including phenoxy) is 1. The van der Waals surface area contributed by atoms with E-state index in [1.807, 2.05) is 6.92 Å². The summed E-state index contributed by atoms with van der Waals surface area (Å²) in [4.78, 5) is 11.8. The predicted molar refractivity (Wildman–Crippen MR) is 54.4 cm³/mol. The van der Waals surface area contributed by atoms with Gasteiger partial charge in [0.15, 0.2) is 0 Å². The molecular formula is C10H18N2O3. The summed E-state index contributed by atoms with van der Waals surface area (Å²) in [6.07, 6.45) is 0.963. The molecule has 2 aliphatic heterocycles. The number of rotatable bonds is 2. The van der Waals surface area contributed by atoms with Gasteiger partial charge in [0.1, 0.15) is 0 Å². The molecule has 3 unspecified atom stereocenters. The largest absolute Gasteiger partial charge is 0.392 e. The van der Waals surface area contributed by atoms with Crippen LogP contribution in [0.4, 0.5) is 0 Å². The Morgan fingerprint density at radius 2 is 2.47 bits per heavy atom. The summed E-state index contributed by atoms with van der Waals surface area (Å²) in [7, 11) is 0. The molecule has 3 N–H and O–H groups in total. The first-order valence-electron chi connectivity index (χ1n) is 5.40. The molecule has 2 fully saturated rings. The molecule has 0 aromatic rings. The van der Waals surface area contributed by atoms with Gasteiger partial charge in [-0.3, -0.25) is 4.79 Å². The van der Waals surface area contributed by atoms with Crippen LogP contribution in [0.1, 0.15) is 19.8 Å². The summed E-state index contributed by atoms with van der Waals surface area (Å²) in [5.74, 6) is -0.0282. The highest BCUT2D eigenvalue weighted by molar-refractivity contribution is 5.82. The van der Waals surface area contributed by atoms with Gasteiger partial charge in [0.2, 0.25) is 5.91 Å². The van der Waals surface area contributed by atoms with Crippen molar-refractivity contribution in [3.8, 4) is 0 Å². The summed E-state index contributed by atoms with van der Waals surface area (Å²) >= 11 is 0. The Kier molecular flexibility index (Phi) is 2.95. The van der Waals surface area contributed by atoms with Crippen molar-refractivity contribution < 1.29 is 14.6 Å². The van der Waals surface area contributed by atoms with Crippen LogP contribution in [0.15, 0.2) is 0 Å². The van der Waals surface area contributed by atoms with E-state index in [-0.39, 0.29) is 17.5 Å².